The molecule has 1 saturated heterocycles. The molecule has 0 spiro atoms. The Morgan fingerprint density at radius 1 is 1.43 bits per heavy atom. The van der Waals surface area contributed by atoms with Crippen LogP contribution in [0.1, 0.15) is 38.0 Å². The highest BCUT2D eigenvalue weighted by Crippen LogP contribution is 2.26. The number of furan rings is 1. The van der Waals surface area contributed by atoms with Crippen molar-refractivity contribution in [2.75, 3.05) is 31.6 Å². The van der Waals surface area contributed by atoms with E-state index in [1.165, 1.54) is 0 Å². The van der Waals surface area contributed by atoms with Crippen LogP contribution in [-0.2, 0) is 14.6 Å². The Kier molecular flexibility index (Phi) is 6.24. The Bertz CT molecular complexity index is 590. The van der Waals surface area contributed by atoms with E-state index in [9.17, 15) is 13.2 Å². The molecular formula is C16H26N2O4S. The molecule has 1 amide bonds. The first-order valence-corrected chi connectivity index (χ1v) is 10.1. The molecule has 1 aromatic heterocycles. The minimum atomic E-state index is -3.12. The predicted molar refractivity (Wildman–Crippen MR) is 88.8 cm³/mol. The fourth-order valence-corrected chi connectivity index (χ4v) is 3.36. The first-order valence-electron chi connectivity index (χ1n) is 8.07. The Labute approximate surface area is 138 Å². The van der Waals surface area contributed by atoms with E-state index in [-0.39, 0.29) is 24.1 Å². The molecule has 1 aromatic rings. The molecule has 0 bridgehead atoms. The van der Waals surface area contributed by atoms with E-state index in [1.807, 2.05) is 12.1 Å². The van der Waals surface area contributed by atoms with Crippen molar-refractivity contribution in [1.82, 2.24) is 10.2 Å². The van der Waals surface area contributed by atoms with E-state index in [2.05, 4.69) is 17.1 Å². The zero-order chi connectivity index (χ0) is 16.9. The molecule has 1 N–H and O–H groups in total. The second-order valence-electron chi connectivity index (χ2n) is 6.43. The van der Waals surface area contributed by atoms with Crippen LogP contribution in [0.2, 0.25) is 0 Å². The average molecular weight is 342 g/mol. The normalized spacial score (nSPS) is 18.7. The quantitative estimate of drug-likeness (QED) is 0.814. The Morgan fingerprint density at radius 3 is 2.70 bits per heavy atom. The molecule has 130 valence electrons. The maximum absolute atomic E-state index is 11.9. The number of sulfone groups is 1. The van der Waals surface area contributed by atoms with Crippen LogP contribution in [-0.4, -0.2) is 50.9 Å². The van der Waals surface area contributed by atoms with Crippen molar-refractivity contribution in [2.24, 2.45) is 5.92 Å². The van der Waals surface area contributed by atoms with E-state index in [0.717, 1.165) is 43.9 Å². The molecule has 7 heteroatoms. The van der Waals surface area contributed by atoms with Crippen LogP contribution >= 0.6 is 0 Å². The minimum absolute atomic E-state index is 0.000293. The third kappa shape index (κ3) is 5.99. The Hall–Kier alpha value is -1.34. The largest absolute Gasteiger partial charge is 0.468 e. The van der Waals surface area contributed by atoms with Crippen LogP contribution in [0.3, 0.4) is 0 Å². The Morgan fingerprint density at radius 2 is 2.13 bits per heavy atom. The molecule has 0 aliphatic carbocycles. The third-order valence-electron chi connectivity index (χ3n) is 4.32. The van der Waals surface area contributed by atoms with Crippen molar-refractivity contribution in [3.8, 4) is 0 Å². The number of carbonyl (C=O) groups excluding carboxylic acids is 1. The van der Waals surface area contributed by atoms with Gasteiger partial charge in [-0.05, 0) is 44.0 Å². The topological polar surface area (TPSA) is 79.6 Å². The number of likely N-dealkylation sites (tertiary alicyclic amines) is 1. The van der Waals surface area contributed by atoms with Crippen molar-refractivity contribution in [2.45, 2.75) is 32.2 Å². The van der Waals surface area contributed by atoms with Crippen molar-refractivity contribution < 1.29 is 17.6 Å². The highest BCUT2D eigenvalue weighted by molar-refractivity contribution is 7.90. The van der Waals surface area contributed by atoms with E-state index < -0.39 is 9.84 Å². The van der Waals surface area contributed by atoms with E-state index >= 15 is 0 Å². The van der Waals surface area contributed by atoms with Gasteiger partial charge in [-0.3, -0.25) is 9.69 Å². The van der Waals surface area contributed by atoms with E-state index in [1.54, 1.807) is 6.26 Å². The van der Waals surface area contributed by atoms with Crippen molar-refractivity contribution >= 4 is 15.7 Å². The second-order valence-corrected chi connectivity index (χ2v) is 8.69. The number of nitrogens with one attached hydrogen (secondary N) is 1. The molecule has 1 aliphatic heterocycles. The third-order valence-corrected chi connectivity index (χ3v) is 5.27. The van der Waals surface area contributed by atoms with E-state index in [4.69, 9.17) is 4.42 Å². The summed E-state index contributed by atoms with van der Waals surface area (Å²) in [5.74, 6) is 1.21. The summed E-state index contributed by atoms with van der Waals surface area (Å²) in [6.45, 7) is 4.65. The van der Waals surface area contributed by atoms with Crippen LogP contribution < -0.4 is 5.32 Å². The summed E-state index contributed by atoms with van der Waals surface area (Å²) in [6.07, 6.45) is 5.06. The van der Waals surface area contributed by atoms with Crippen LogP contribution in [0.25, 0.3) is 0 Å². The lowest BCUT2D eigenvalue weighted by Crippen LogP contribution is -2.42. The summed E-state index contributed by atoms with van der Waals surface area (Å²) in [6, 6.07) is 3.77. The van der Waals surface area contributed by atoms with Gasteiger partial charge in [-0.25, -0.2) is 8.42 Å². The number of carbonyl (C=O) groups is 1. The first-order chi connectivity index (χ1) is 10.8. The molecule has 0 radical (unpaired) electrons. The molecule has 1 atom stereocenters. The molecule has 2 rings (SSSR count). The summed E-state index contributed by atoms with van der Waals surface area (Å²) in [5, 5.41) is 2.85. The smallest absolute Gasteiger partial charge is 0.221 e. The van der Waals surface area contributed by atoms with Crippen molar-refractivity contribution in [3.63, 3.8) is 0 Å². The lowest BCUT2D eigenvalue weighted by Gasteiger charge is -2.35. The number of nitrogens with zero attached hydrogens (tertiary/aromatic N) is 1. The highest BCUT2D eigenvalue weighted by Gasteiger charge is 2.26. The van der Waals surface area contributed by atoms with Gasteiger partial charge in [0, 0.05) is 19.2 Å². The number of hydrogen-bond acceptors (Lipinski definition) is 5. The fourth-order valence-electron chi connectivity index (χ4n) is 2.81. The number of piperidine rings is 1. The molecule has 1 fully saturated rings. The fraction of sp³-hybridized carbons (Fsp3) is 0.688. The van der Waals surface area contributed by atoms with Gasteiger partial charge in [0.2, 0.25) is 5.91 Å². The summed E-state index contributed by atoms with van der Waals surface area (Å²) >= 11 is 0. The zero-order valence-electron chi connectivity index (χ0n) is 13.8. The van der Waals surface area contributed by atoms with Gasteiger partial charge in [0.15, 0.2) is 0 Å². The monoisotopic (exact) mass is 342 g/mol. The Balaban J connectivity index is 1.92. The van der Waals surface area contributed by atoms with Crippen LogP contribution in [0.5, 0.6) is 0 Å². The molecule has 0 aromatic carbocycles. The van der Waals surface area contributed by atoms with Gasteiger partial charge in [-0.15, -0.1) is 0 Å². The lowest BCUT2D eigenvalue weighted by molar-refractivity contribution is -0.121. The summed E-state index contributed by atoms with van der Waals surface area (Å²) in [5.41, 5.74) is 0. The van der Waals surface area contributed by atoms with Gasteiger partial charge in [-0.1, -0.05) is 6.92 Å². The lowest BCUT2D eigenvalue weighted by atomic mass is 9.97. The SMILES string of the molecule is CC1CCN(C(CNC(=O)CCS(C)(=O)=O)c2ccco2)CC1. The van der Waals surface area contributed by atoms with Gasteiger partial charge >= 0.3 is 0 Å². The molecule has 1 aliphatic rings. The minimum Gasteiger partial charge on any atom is -0.468 e. The van der Waals surface area contributed by atoms with Crippen LogP contribution in [0, 0.1) is 5.92 Å². The molecule has 0 saturated carbocycles. The summed E-state index contributed by atoms with van der Waals surface area (Å²) < 4.78 is 27.8. The number of amides is 1. The second kappa shape index (κ2) is 7.97. The first kappa shape index (κ1) is 18.0. The van der Waals surface area contributed by atoms with E-state index in [0.29, 0.717) is 6.54 Å². The molecule has 23 heavy (non-hydrogen) atoms. The van der Waals surface area contributed by atoms with Gasteiger partial charge in [0.1, 0.15) is 15.6 Å². The van der Waals surface area contributed by atoms with Gasteiger partial charge in [0.05, 0.1) is 18.1 Å². The van der Waals surface area contributed by atoms with Crippen molar-refractivity contribution in [3.05, 3.63) is 24.2 Å². The van der Waals surface area contributed by atoms with Gasteiger partial charge < -0.3 is 9.73 Å². The average Bonchev–Trinajstić information content (AvgIpc) is 3.00. The molecule has 1 unspecified atom stereocenters. The highest BCUT2D eigenvalue weighted by atomic mass is 32.2. The van der Waals surface area contributed by atoms with Gasteiger partial charge in [0.25, 0.3) is 0 Å². The standard InChI is InChI=1S/C16H26N2O4S/c1-13-5-8-18(9-6-13)14(15-4-3-10-22-15)12-17-16(19)7-11-23(2,20)21/h3-4,10,13-14H,5-9,11-12H2,1-2H3,(H,17,19). The maximum Gasteiger partial charge on any atom is 0.221 e. The predicted octanol–water partition coefficient (Wildman–Crippen LogP) is 1.60. The number of hydrogen-bond donors (Lipinski definition) is 1. The molecule has 2 heterocycles. The molecular weight excluding hydrogens is 316 g/mol. The van der Waals surface area contributed by atoms with Crippen LogP contribution in [0.4, 0.5) is 0 Å². The van der Waals surface area contributed by atoms with Crippen molar-refractivity contribution in [1.29, 1.82) is 0 Å². The summed E-state index contributed by atoms with van der Waals surface area (Å²) in [4.78, 5) is 14.2. The maximum atomic E-state index is 11.9. The zero-order valence-corrected chi connectivity index (χ0v) is 14.6. The molecule has 6 nitrogen and oxygen atoms in total. The van der Waals surface area contributed by atoms with Crippen LogP contribution in [0.15, 0.2) is 22.8 Å². The summed E-state index contributed by atoms with van der Waals surface area (Å²) in [7, 11) is -3.12. The van der Waals surface area contributed by atoms with Gasteiger partial charge in [-0.2, -0.15) is 0 Å². The number of rotatable bonds is 7.